The van der Waals surface area contributed by atoms with Gasteiger partial charge in [0.05, 0.1) is 12.7 Å². The van der Waals surface area contributed by atoms with Crippen LogP contribution in [0, 0.1) is 0 Å². The van der Waals surface area contributed by atoms with Gasteiger partial charge >= 0.3 is 5.97 Å². The number of nitrogens with zero attached hydrogens (tertiary/aromatic N) is 1. The van der Waals surface area contributed by atoms with Gasteiger partial charge < -0.3 is 9.30 Å². The molecule has 1 aromatic carbocycles. The largest absolute Gasteiger partial charge is 0.465 e. The van der Waals surface area contributed by atoms with Gasteiger partial charge in [-0.25, -0.2) is 4.79 Å². The summed E-state index contributed by atoms with van der Waals surface area (Å²) in [5.74, 6) is -0.128. The summed E-state index contributed by atoms with van der Waals surface area (Å²) in [6.07, 6.45) is 1.85. The highest BCUT2D eigenvalue weighted by Crippen LogP contribution is 2.24. The molecule has 0 amide bonds. The van der Waals surface area contributed by atoms with Gasteiger partial charge in [0.2, 0.25) is 0 Å². The summed E-state index contributed by atoms with van der Waals surface area (Å²) >= 11 is 0. The minimum absolute atomic E-state index is 0.106. The minimum atomic E-state index is -0.432. The Kier molecular flexibility index (Phi) is 3.42. The van der Waals surface area contributed by atoms with Gasteiger partial charge in [-0.2, -0.15) is 0 Å². The lowest BCUT2D eigenvalue weighted by molar-refractivity contribution is 0.0601. The van der Waals surface area contributed by atoms with Crippen LogP contribution in [0.15, 0.2) is 29.2 Å². The second-order valence-corrected chi connectivity index (χ2v) is 4.91. The molecule has 0 aliphatic rings. The standard InChI is InChI=1S/C15H17NO3/c1-9(2)13-8-16(3)14(17)12-7-10(15(18)19-4)5-6-11(12)13/h5-9H,1-4H3. The molecule has 2 rings (SSSR count). The van der Waals surface area contributed by atoms with Crippen molar-refractivity contribution in [1.82, 2.24) is 4.57 Å². The van der Waals surface area contributed by atoms with E-state index in [4.69, 9.17) is 0 Å². The lowest BCUT2D eigenvalue weighted by Crippen LogP contribution is -2.18. The lowest BCUT2D eigenvalue weighted by Gasteiger charge is -2.12. The summed E-state index contributed by atoms with van der Waals surface area (Å²) in [5.41, 5.74) is 1.38. The number of methoxy groups -OCH3 is 1. The maximum Gasteiger partial charge on any atom is 0.337 e. The highest BCUT2D eigenvalue weighted by molar-refractivity contribution is 5.96. The van der Waals surface area contributed by atoms with Gasteiger partial charge in [-0.15, -0.1) is 0 Å². The van der Waals surface area contributed by atoms with Crippen molar-refractivity contribution in [2.24, 2.45) is 7.05 Å². The molecule has 4 heteroatoms. The molecule has 0 radical (unpaired) electrons. The molecule has 0 unspecified atom stereocenters. The predicted molar refractivity (Wildman–Crippen MR) is 74.6 cm³/mol. The van der Waals surface area contributed by atoms with Gasteiger partial charge in [-0.05, 0) is 29.0 Å². The van der Waals surface area contributed by atoms with Crippen LogP contribution in [-0.2, 0) is 11.8 Å². The number of benzene rings is 1. The van der Waals surface area contributed by atoms with Gasteiger partial charge in [0.1, 0.15) is 0 Å². The molecule has 1 aromatic heterocycles. The maximum atomic E-state index is 12.2. The molecule has 0 fully saturated rings. The van der Waals surface area contributed by atoms with Crippen LogP contribution in [0.4, 0.5) is 0 Å². The van der Waals surface area contributed by atoms with Crippen LogP contribution in [0.2, 0.25) is 0 Å². The average molecular weight is 259 g/mol. The van der Waals surface area contributed by atoms with Crippen LogP contribution < -0.4 is 5.56 Å². The number of hydrogen-bond acceptors (Lipinski definition) is 3. The summed E-state index contributed by atoms with van der Waals surface area (Å²) in [5, 5.41) is 1.45. The Morgan fingerprint density at radius 1 is 1.26 bits per heavy atom. The second-order valence-electron chi connectivity index (χ2n) is 4.91. The molecule has 100 valence electrons. The summed E-state index contributed by atoms with van der Waals surface area (Å²) in [6.45, 7) is 4.15. The maximum absolute atomic E-state index is 12.2. The lowest BCUT2D eigenvalue weighted by atomic mass is 9.97. The van der Waals surface area contributed by atoms with Gasteiger partial charge in [-0.1, -0.05) is 19.9 Å². The predicted octanol–water partition coefficient (Wildman–Crippen LogP) is 2.45. The third kappa shape index (κ3) is 2.26. The summed E-state index contributed by atoms with van der Waals surface area (Å²) < 4.78 is 6.24. The molecule has 0 aliphatic carbocycles. The molecule has 0 aliphatic heterocycles. The number of carbonyl (C=O) groups excluding carboxylic acids is 1. The normalized spacial score (nSPS) is 11.0. The van der Waals surface area contributed by atoms with Crippen LogP contribution >= 0.6 is 0 Å². The summed E-state index contributed by atoms with van der Waals surface area (Å²) in [7, 11) is 3.05. The van der Waals surface area contributed by atoms with Crippen molar-refractivity contribution in [3.63, 3.8) is 0 Å². The minimum Gasteiger partial charge on any atom is -0.465 e. The first-order valence-electron chi connectivity index (χ1n) is 6.17. The van der Waals surface area contributed by atoms with Crippen LogP contribution in [0.25, 0.3) is 10.8 Å². The first kappa shape index (κ1) is 13.3. The van der Waals surface area contributed by atoms with E-state index in [9.17, 15) is 9.59 Å². The Morgan fingerprint density at radius 2 is 1.95 bits per heavy atom. The molecule has 2 aromatic rings. The van der Waals surface area contributed by atoms with E-state index in [2.05, 4.69) is 18.6 Å². The van der Waals surface area contributed by atoms with E-state index in [0.717, 1.165) is 10.9 Å². The molecule has 1 heterocycles. The Bertz CT molecular complexity index is 698. The number of ether oxygens (including phenoxy) is 1. The average Bonchev–Trinajstić information content (AvgIpc) is 2.41. The Morgan fingerprint density at radius 3 is 2.53 bits per heavy atom. The Hall–Kier alpha value is -2.10. The van der Waals surface area contributed by atoms with E-state index in [1.807, 2.05) is 12.3 Å². The van der Waals surface area contributed by atoms with Crippen molar-refractivity contribution < 1.29 is 9.53 Å². The summed E-state index contributed by atoms with van der Waals surface area (Å²) in [6, 6.07) is 5.12. The van der Waals surface area contributed by atoms with E-state index in [1.54, 1.807) is 23.7 Å². The molecule has 0 saturated heterocycles. The molecule has 0 atom stereocenters. The zero-order chi connectivity index (χ0) is 14.2. The van der Waals surface area contributed by atoms with Crippen molar-refractivity contribution in [3.8, 4) is 0 Å². The highest BCUT2D eigenvalue weighted by atomic mass is 16.5. The first-order valence-corrected chi connectivity index (χ1v) is 6.17. The van der Waals surface area contributed by atoms with Crippen molar-refractivity contribution >= 4 is 16.7 Å². The molecule has 0 N–H and O–H groups in total. The van der Waals surface area contributed by atoms with Crippen LogP contribution in [0.5, 0.6) is 0 Å². The highest BCUT2D eigenvalue weighted by Gasteiger charge is 2.13. The van der Waals surface area contributed by atoms with Gasteiger partial charge in [0.25, 0.3) is 5.56 Å². The van der Waals surface area contributed by atoms with Crippen molar-refractivity contribution in [1.29, 1.82) is 0 Å². The number of esters is 1. The monoisotopic (exact) mass is 259 g/mol. The molecule has 19 heavy (non-hydrogen) atoms. The van der Waals surface area contributed by atoms with E-state index >= 15 is 0 Å². The molecule has 0 spiro atoms. The fourth-order valence-corrected chi connectivity index (χ4v) is 2.20. The smallest absolute Gasteiger partial charge is 0.337 e. The molecule has 4 nitrogen and oxygen atoms in total. The molecule has 0 saturated carbocycles. The van der Waals surface area contributed by atoms with Crippen LogP contribution in [0.1, 0.15) is 35.7 Å². The zero-order valence-electron chi connectivity index (χ0n) is 11.6. The van der Waals surface area contributed by atoms with Gasteiger partial charge in [-0.3, -0.25) is 4.79 Å². The SMILES string of the molecule is COC(=O)c1ccc2c(C(C)C)cn(C)c(=O)c2c1. The zero-order valence-corrected chi connectivity index (χ0v) is 11.6. The van der Waals surface area contributed by atoms with E-state index in [0.29, 0.717) is 16.9 Å². The number of rotatable bonds is 2. The van der Waals surface area contributed by atoms with E-state index in [1.165, 1.54) is 7.11 Å². The third-order valence-corrected chi connectivity index (χ3v) is 3.26. The second kappa shape index (κ2) is 4.88. The number of aryl methyl sites for hydroxylation is 1. The van der Waals surface area contributed by atoms with Crippen molar-refractivity contribution in [2.45, 2.75) is 19.8 Å². The van der Waals surface area contributed by atoms with Crippen LogP contribution in [-0.4, -0.2) is 17.6 Å². The molecular formula is C15H17NO3. The number of fused-ring (bicyclic) bond motifs is 1. The third-order valence-electron chi connectivity index (χ3n) is 3.26. The van der Waals surface area contributed by atoms with Gasteiger partial charge in [0, 0.05) is 18.6 Å². The first-order chi connectivity index (χ1) is 8.95. The fraction of sp³-hybridized carbons (Fsp3) is 0.333. The quantitative estimate of drug-likeness (QED) is 0.778. The Balaban J connectivity index is 2.82. The van der Waals surface area contributed by atoms with Crippen molar-refractivity contribution in [3.05, 3.63) is 45.9 Å². The Labute approximate surface area is 111 Å². The number of pyridine rings is 1. The molecule has 0 bridgehead atoms. The van der Waals surface area contributed by atoms with Crippen LogP contribution in [0.3, 0.4) is 0 Å². The fourth-order valence-electron chi connectivity index (χ4n) is 2.20. The van der Waals surface area contributed by atoms with Crippen molar-refractivity contribution in [2.75, 3.05) is 7.11 Å². The number of carbonyl (C=O) groups is 1. The topological polar surface area (TPSA) is 48.3 Å². The number of hydrogen-bond donors (Lipinski definition) is 0. The number of aromatic nitrogens is 1. The van der Waals surface area contributed by atoms with Gasteiger partial charge in [0.15, 0.2) is 0 Å². The molecular weight excluding hydrogens is 242 g/mol. The summed E-state index contributed by atoms with van der Waals surface area (Å²) in [4.78, 5) is 23.7. The van der Waals surface area contributed by atoms with E-state index in [-0.39, 0.29) is 5.56 Å². The van der Waals surface area contributed by atoms with E-state index < -0.39 is 5.97 Å².